The van der Waals surface area contributed by atoms with Crippen molar-refractivity contribution in [3.05, 3.63) is 36.3 Å². The van der Waals surface area contributed by atoms with Crippen LogP contribution in [-0.4, -0.2) is 74.8 Å². The predicted molar refractivity (Wildman–Crippen MR) is 120 cm³/mol. The summed E-state index contributed by atoms with van der Waals surface area (Å²) >= 11 is 0. The van der Waals surface area contributed by atoms with Gasteiger partial charge in [0.2, 0.25) is 0 Å². The number of rotatable bonds is 4. The number of benzene rings is 1. The molecule has 0 spiro atoms. The highest BCUT2D eigenvalue weighted by atomic mass is 32.2. The molecule has 1 amide bonds. The minimum atomic E-state index is -3.87. The van der Waals surface area contributed by atoms with Crippen LogP contribution in [0.4, 0.5) is 5.69 Å². The molecule has 0 bridgehead atoms. The fourth-order valence-electron chi connectivity index (χ4n) is 3.45. The Morgan fingerprint density at radius 2 is 2.03 bits per heavy atom. The molecular weight excluding hydrogens is 434 g/mol. The molecule has 1 aliphatic heterocycles. The fourth-order valence-corrected chi connectivity index (χ4v) is 4.49. The van der Waals surface area contributed by atoms with Gasteiger partial charge in [-0.1, -0.05) is 6.92 Å². The molecule has 0 unspecified atom stereocenters. The first-order chi connectivity index (χ1) is 15.1. The van der Waals surface area contributed by atoms with Crippen molar-refractivity contribution >= 4 is 21.6 Å². The molecule has 11 heteroatoms. The molecule has 1 aliphatic rings. The number of hydrogen-bond donors (Lipinski definition) is 2. The second-order valence-electron chi connectivity index (χ2n) is 8.25. The standard InChI is InChI=1S/C21H31N5O5S/c1-14-9-22-15(2)12-31-18-8-16(24-32(28,29)20-11-25(3)13-23-20)6-7-17(18)21(27)26(4)10-19(14)30-5/h6-8,11,13-15,19,22,24H,9-10,12H2,1-5H3/t14-,15+,19-/m0/s1. The van der Waals surface area contributed by atoms with E-state index >= 15 is 0 Å². The lowest BCUT2D eigenvalue weighted by Crippen LogP contribution is -2.44. The summed E-state index contributed by atoms with van der Waals surface area (Å²) in [7, 11) is 1.17. The van der Waals surface area contributed by atoms with Gasteiger partial charge in [0.25, 0.3) is 15.9 Å². The number of nitrogens with one attached hydrogen (secondary N) is 2. The molecule has 0 aliphatic carbocycles. The van der Waals surface area contributed by atoms with Crippen molar-refractivity contribution in [1.82, 2.24) is 19.8 Å². The molecule has 32 heavy (non-hydrogen) atoms. The molecular formula is C21H31N5O5S. The van der Waals surface area contributed by atoms with Gasteiger partial charge in [-0.15, -0.1) is 0 Å². The Morgan fingerprint density at radius 1 is 1.28 bits per heavy atom. The molecule has 0 radical (unpaired) electrons. The van der Waals surface area contributed by atoms with Gasteiger partial charge in [0, 0.05) is 52.6 Å². The number of fused-ring (bicyclic) bond motifs is 1. The van der Waals surface area contributed by atoms with Gasteiger partial charge in [0.1, 0.15) is 12.4 Å². The molecule has 1 aromatic heterocycles. The molecule has 0 fully saturated rings. The maximum absolute atomic E-state index is 13.1. The van der Waals surface area contributed by atoms with Crippen LogP contribution in [0.3, 0.4) is 0 Å². The van der Waals surface area contributed by atoms with Crippen LogP contribution in [0, 0.1) is 5.92 Å². The highest BCUT2D eigenvalue weighted by molar-refractivity contribution is 7.92. The summed E-state index contributed by atoms with van der Waals surface area (Å²) in [6, 6.07) is 4.65. The Hall–Kier alpha value is -2.63. The van der Waals surface area contributed by atoms with Crippen LogP contribution < -0.4 is 14.8 Å². The van der Waals surface area contributed by atoms with Gasteiger partial charge in [-0.05, 0) is 25.0 Å². The number of ether oxygens (including phenoxy) is 2. The van der Waals surface area contributed by atoms with Crippen LogP contribution in [0.15, 0.2) is 35.7 Å². The quantitative estimate of drug-likeness (QED) is 0.700. The topological polar surface area (TPSA) is 115 Å². The Kier molecular flexibility index (Phi) is 7.42. The van der Waals surface area contributed by atoms with E-state index in [0.29, 0.717) is 31.0 Å². The van der Waals surface area contributed by atoms with E-state index in [2.05, 4.69) is 21.9 Å². The van der Waals surface area contributed by atoms with Gasteiger partial charge in [-0.25, -0.2) is 4.98 Å². The Balaban J connectivity index is 1.91. The minimum Gasteiger partial charge on any atom is -0.491 e. The predicted octanol–water partition coefficient (Wildman–Crippen LogP) is 1.31. The summed E-state index contributed by atoms with van der Waals surface area (Å²) < 4.78 is 40.9. The summed E-state index contributed by atoms with van der Waals surface area (Å²) in [6.07, 6.45) is 2.69. The van der Waals surface area contributed by atoms with Crippen molar-refractivity contribution < 1.29 is 22.7 Å². The van der Waals surface area contributed by atoms with Crippen LogP contribution in [0.2, 0.25) is 0 Å². The molecule has 2 heterocycles. The molecule has 3 rings (SSSR count). The van der Waals surface area contributed by atoms with Crippen molar-refractivity contribution in [2.75, 3.05) is 38.6 Å². The van der Waals surface area contributed by atoms with Crippen molar-refractivity contribution in [1.29, 1.82) is 0 Å². The summed E-state index contributed by atoms with van der Waals surface area (Å²) in [6.45, 7) is 5.50. The largest absolute Gasteiger partial charge is 0.491 e. The number of aromatic nitrogens is 2. The van der Waals surface area contributed by atoms with Gasteiger partial charge in [0.05, 0.1) is 23.7 Å². The first kappa shape index (κ1) is 24.0. The number of imidazole rings is 1. The third kappa shape index (κ3) is 5.59. The van der Waals surface area contributed by atoms with E-state index in [9.17, 15) is 13.2 Å². The summed E-state index contributed by atoms with van der Waals surface area (Å²) in [5, 5.41) is 3.32. The van der Waals surface area contributed by atoms with E-state index in [4.69, 9.17) is 9.47 Å². The van der Waals surface area contributed by atoms with Crippen LogP contribution in [0.1, 0.15) is 24.2 Å². The van der Waals surface area contributed by atoms with Gasteiger partial charge < -0.3 is 24.3 Å². The van der Waals surface area contributed by atoms with E-state index in [1.807, 2.05) is 6.92 Å². The van der Waals surface area contributed by atoms with Crippen LogP contribution in [0.25, 0.3) is 0 Å². The zero-order chi connectivity index (χ0) is 23.5. The van der Waals surface area contributed by atoms with Gasteiger partial charge >= 0.3 is 0 Å². The number of anilines is 1. The first-order valence-corrected chi connectivity index (χ1v) is 11.9. The third-order valence-corrected chi connectivity index (χ3v) is 6.70. The fraction of sp³-hybridized carbons (Fsp3) is 0.524. The number of hydrogen-bond acceptors (Lipinski definition) is 7. The third-order valence-electron chi connectivity index (χ3n) is 5.44. The zero-order valence-corrected chi connectivity index (χ0v) is 19.8. The SMILES string of the molecule is CO[C@H]1CN(C)C(=O)c2ccc(NS(=O)(=O)c3cn(C)cn3)cc2OC[C@@H](C)NC[C@@H]1C. The smallest absolute Gasteiger partial charge is 0.280 e. The molecule has 3 atom stereocenters. The van der Waals surface area contributed by atoms with Gasteiger partial charge in [-0.3, -0.25) is 9.52 Å². The van der Waals surface area contributed by atoms with E-state index in [1.165, 1.54) is 18.6 Å². The Morgan fingerprint density at radius 3 is 2.69 bits per heavy atom. The molecule has 10 nitrogen and oxygen atoms in total. The Labute approximate surface area is 189 Å². The van der Waals surface area contributed by atoms with Crippen LogP contribution in [-0.2, 0) is 21.8 Å². The van der Waals surface area contributed by atoms with E-state index in [1.54, 1.807) is 42.8 Å². The number of carbonyl (C=O) groups is 1. The van der Waals surface area contributed by atoms with E-state index in [0.717, 1.165) is 0 Å². The second kappa shape index (κ2) is 9.88. The second-order valence-corrected chi connectivity index (χ2v) is 9.88. The number of methoxy groups -OCH3 is 1. The summed E-state index contributed by atoms with van der Waals surface area (Å²) in [5.41, 5.74) is 0.629. The first-order valence-electron chi connectivity index (χ1n) is 10.4. The number of nitrogens with zero attached hydrogens (tertiary/aromatic N) is 3. The average molecular weight is 466 g/mol. The number of amides is 1. The van der Waals surface area contributed by atoms with E-state index in [-0.39, 0.29) is 34.7 Å². The minimum absolute atomic E-state index is 0.0175. The van der Waals surface area contributed by atoms with Crippen molar-refractivity contribution in [2.24, 2.45) is 13.0 Å². The number of aryl methyl sites for hydroxylation is 1. The Bertz CT molecular complexity index is 1050. The molecule has 2 N–H and O–H groups in total. The van der Waals surface area contributed by atoms with Crippen molar-refractivity contribution in [3.8, 4) is 5.75 Å². The molecule has 0 saturated carbocycles. The van der Waals surface area contributed by atoms with Crippen LogP contribution >= 0.6 is 0 Å². The molecule has 176 valence electrons. The van der Waals surface area contributed by atoms with Crippen molar-refractivity contribution in [2.45, 2.75) is 31.0 Å². The molecule has 1 aromatic carbocycles. The van der Waals surface area contributed by atoms with Crippen molar-refractivity contribution in [3.63, 3.8) is 0 Å². The normalized spacial score (nSPS) is 23.0. The average Bonchev–Trinajstić information content (AvgIpc) is 3.20. The lowest BCUT2D eigenvalue weighted by Gasteiger charge is -2.30. The van der Waals surface area contributed by atoms with Gasteiger partial charge in [0.15, 0.2) is 5.03 Å². The monoisotopic (exact) mass is 465 g/mol. The summed E-state index contributed by atoms with van der Waals surface area (Å²) in [5.74, 6) is 0.272. The maximum atomic E-state index is 13.1. The lowest BCUT2D eigenvalue weighted by atomic mass is 10.0. The molecule has 0 saturated heterocycles. The highest BCUT2D eigenvalue weighted by Crippen LogP contribution is 2.27. The molecule has 2 aromatic rings. The zero-order valence-electron chi connectivity index (χ0n) is 19.0. The van der Waals surface area contributed by atoms with E-state index < -0.39 is 10.0 Å². The highest BCUT2D eigenvalue weighted by Gasteiger charge is 2.26. The number of carbonyl (C=O) groups excluding carboxylic acids is 1. The van der Waals surface area contributed by atoms with Gasteiger partial charge in [-0.2, -0.15) is 8.42 Å². The summed E-state index contributed by atoms with van der Waals surface area (Å²) in [4.78, 5) is 18.6. The number of likely N-dealkylation sites (N-methyl/N-ethyl adjacent to an activating group) is 1. The number of sulfonamides is 1. The van der Waals surface area contributed by atoms with Crippen LogP contribution in [0.5, 0.6) is 5.75 Å². The lowest BCUT2D eigenvalue weighted by molar-refractivity contribution is 0.0281. The maximum Gasteiger partial charge on any atom is 0.280 e.